The second kappa shape index (κ2) is 12.1. The van der Waals surface area contributed by atoms with E-state index in [0.29, 0.717) is 18.3 Å². The first-order chi connectivity index (χ1) is 24.4. The van der Waals surface area contributed by atoms with E-state index in [1.807, 2.05) is 0 Å². The molecule has 5 saturated carbocycles. The van der Waals surface area contributed by atoms with Crippen molar-refractivity contribution in [3.8, 4) is 0 Å². The summed E-state index contributed by atoms with van der Waals surface area (Å²) in [7, 11) is 0. The molecule has 1 saturated heterocycles. The summed E-state index contributed by atoms with van der Waals surface area (Å²) in [6.07, 6.45) is 15.3. The van der Waals surface area contributed by atoms with Gasteiger partial charge in [0.05, 0.1) is 11.5 Å². The summed E-state index contributed by atoms with van der Waals surface area (Å²) >= 11 is 0. The van der Waals surface area contributed by atoms with E-state index in [4.69, 9.17) is 9.47 Å². The lowest BCUT2D eigenvalue weighted by molar-refractivity contribution is -0.324. The van der Waals surface area contributed by atoms with E-state index in [2.05, 4.69) is 52.8 Å². The van der Waals surface area contributed by atoms with Gasteiger partial charge < -0.3 is 35.0 Å². The van der Waals surface area contributed by atoms with E-state index in [9.17, 15) is 35.1 Å². The molecule has 0 aromatic rings. The van der Waals surface area contributed by atoms with E-state index in [0.717, 1.165) is 64.2 Å². The molecule has 0 aromatic heterocycles. The Kier molecular flexibility index (Phi) is 8.65. The zero-order valence-corrected chi connectivity index (χ0v) is 32.1. The number of allylic oxidation sites excluding steroid dienone is 4. The number of ether oxygens (including phenoxy) is 2. The minimum Gasteiger partial charge on any atom is -0.481 e. The maximum Gasteiger partial charge on any atom is 0.335 e. The van der Waals surface area contributed by atoms with Gasteiger partial charge in [0.2, 0.25) is 0 Å². The summed E-state index contributed by atoms with van der Waals surface area (Å²) in [5.74, 6) is -0.757. The summed E-state index contributed by atoms with van der Waals surface area (Å²) in [6, 6.07) is 0. The third-order valence-corrected chi connectivity index (χ3v) is 18.0. The van der Waals surface area contributed by atoms with Crippen molar-refractivity contribution in [2.75, 3.05) is 0 Å². The first-order valence-electron chi connectivity index (χ1n) is 20.6. The lowest BCUT2D eigenvalue weighted by Gasteiger charge is -2.75. The number of hydrogen-bond donors (Lipinski definition) is 5. The summed E-state index contributed by atoms with van der Waals surface area (Å²) in [5.41, 5.74) is 0.0359. The van der Waals surface area contributed by atoms with Gasteiger partial charge in [0.15, 0.2) is 12.4 Å². The predicted octanol–water partition coefficient (Wildman–Crippen LogP) is 7.02. The number of carboxylic acids is 2. The van der Waals surface area contributed by atoms with Crippen LogP contribution in [0.3, 0.4) is 0 Å². The molecule has 1 heterocycles. The molecule has 290 valence electrons. The molecule has 5 N–H and O–H groups in total. The number of aliphatic hydroxyl groups excluding tert-OH is 3. The van der Waals surface area contributed by atoms with Crippen LogP contribution in [0.1, 0.15) is 137 Å². The third kappa shape index (κ3) is 4.70. The highest BCUT2D eigenvalue weighted by Crippen LogP contribution is 2.81. The van der Waals surface area contributed by atoms with Gasteiger partial charge in [-0.2, -0.15) is 0 Å². The van der Waals surface area contributed by atoms with Crippen LogP contribution in [0.5, 0.6) is 0 Å². The Balaban J connectivity index is 1.18. The van der Waals surface area contributed by atoms with E-state index in [1.165, 1.54) is 37.7 Å². The van der Waals surface area contributed by atoms with Crippen LogP contribution < -0.4 is 0 Å². The average molecular weight is 725 g/mol. The maximum absolute atomic E-state index is 13.7. The Labute approximate surface area is 309 Å². The summed E-state index contributed by atoms with van der Waals surface area (Å²) < 4.78 is 12.1. The molecule has 8 aliphatic rings. The molecule has 0 amide bonds. The zero-order chi connectivity index (χ0) is 37.3. The van der Waals surface area contributed by atoms with Gasteiger partial charge in [0, 0.05) is 10.8 Å². The minimum atomic E-state index is -1.75. The molecule has 0 radical (unpaired) electrons. The van der Waals surface area contributed by atoms with Crippen LogP contribution in [0.25, 0.3) is 0 Å². The van der Waals surface area contributed by atoms with Gasteiger partial charge in [-0.05, 0) is 123 Å². The highest BCUT2D eigenvalue weighted by molar-refractivity contribution is 5.79. The van der Waals surface area contributed by atoms with Crippen LogP contribution in [-0.4, -0.2) is 74.3 Å². The van der Waals surface area contributed by atoms with Gasteiger partial charge >= 0.3 is 11.9 Å². The maximum atomic E-state index is 13.7. The molecule has 7 aliphatic carbocycles. The van der Waals surface area contributed by atoms with Gasteiger partial charge in [-0.1, -0.05) is 77.7 Å². The zero-order valence-electron chi connectivity index (χ0n) is 32.1. The van der Waals surface area contributed by atoms with Crippen molar-refractivity contribution in [1.82, 2.24) is 0 Å². The van der Waals surface area contributed by atoms with Crippen molar-refractivity contribution in [2.24, 2.45) is 55.7 Å². The van der Waals surface area contributed by atoms with Gasteiger partial charge in [-0.25, -0.2) is 4.79 Å². The van der Waals surface area contributed by atoms with E-state index in [-0.39, 0.29) is 39.1 Å². The van der Waals surface area contributed by atoms with Crippen LogP contribution >= 0.6 is 0 Å². The largest absolute Gasteiger partial charge is 0.481 e. The van der Waals surface area contributed by atoms with Gasteiger partial charge in [0.25, 0.3) is 0 Å². The standard InChI is InChI=1S/C43H64O9/c1-37(2)26-14-19-40(5)27(39(26,4)18-15-29(37)51-35-32(46)30(44)31(45)33(52-35)34(47)48)12-13-28-42-17-9-16-38(3,24-42)20-21-41(42,36(49)50)22-23-43(28,40)25-10-7-6-8-11-25/h9,13,17,25-27,29-33,35,44-46H,6-8,10-12,14-16,18-24H2,1-5H3,(H,47,48)(H,49,50)/t26-,27+,29-,30-,31-,32+,33-,35+,38-,39-,40+,41+,42-,43-/m0/s1. The Morgan fingerprint density at radius 3 is 2.21 bits per heavy atom. The van der Waals surface area contributed by atoms with E-state index >= 15 is 0 Å². The van der Waals surface area contributed by atoms with Crippen LogP contribution in [0.15, 0.2) is 23.8 Å². The normalized spacial score (nSPS) is 52.7. The highest BCUT2D eigenvalue weighted by Gasteiger charge is 2.75. The Hall–Kier alpha value is -1.78. The molecule has 8 rings (SSSR count). The molecule has 1 aliphatic heterocycles. The van der Waals surface area contributed by atoms with Crippen molar-refractivity contribution in [3.63, 3.8) is 0 Å². The van der Waals surface area contributed by atoms with Crippen LogP contribution in [0.4, 0.5) is 0 Å². The molecular weight excluding hydrogens is 660 g/mol. The van der Waals surface area contributed by atoms with Crippen LogP contribution in [-0.2, 0) is 19.1 Å². The number of hydrogen-bond acceptors (Lipinski definition) is 7. The molecule has 0 aromatic carbocycles. The number of rotatable bonds is 5. The summed E-state index contributed by atoms with van der Waals surface area (Å²) in [5, 5.41) is 52.5. The average Bonchev–Trinajstić information content (AvgIpc) is 3.09. The molecule has 0 unspecified atom stereocenters. The monoisotopic (exact) mass is 724 g/mol. The number of aliphatic hydroxyl groups is 3. The Bertz CT molecular complexity index is 1530. The topological polar surface area (TPSA) is 154 Å². The second-order valence-corrected chi connectivity index (χ2v) is 20.4. The molecule has 14 atom stereocenters. The second-order valence-electron chi connectivity index (χ2n) is 20.4. The fourth-order valence-electron chi connectivity index (χ4n) is 15.6. The van der Waals surface area contributed by atoms with Gasteiger partial charge in [0.1, 0.15) is 18.3 Å². The molecule has 1 spiro atoms. The van der Waals surface area contributed by atoms with E-state index in [1.54, 1.807) is 0 Å². The fraction of sp³-hybridized carbons (Fsp3) is 0.860. The van der Waals surface area contributed by atoms with Crippen molar-refractivity contribution >= 4 is 11.9 Å². The quantitative estimate of drug-likeness (QED) is 0.149. The molecule has 6 fully saturated rings. The Morgan fingerprint density at radius 2 is 1.52 bits per heavy atom. The highest BCUT2D eigenvalue weighted by atomic mass is 16.7. The molecule has 9 nitrogen and oxygen atoms in total. The van der Waals surface area contributed by atoms with Gasteiger partial charge in [-0.3, -0.25) is 4.79 Å². The van der Waals surface area contributed by atoms with Crippen LogP contribution in [0.2, 0.25) is 0 Å². The fourth-order valence-corrected chi connectivity index (χ4v) is 15.6. The van der Waals surface area contributed by atoms with E-state index < -0.39 is 53.5 Å². The Morgan fingerprint density at radius 1 is 0.808 bits per heavy atom. The van der Waals surface area contributed by atoms with Crippen molar-refractivity contribution in [2.45, 2.75) is 174 Å². The molecule has 2 bridgehead atoms. The molecule has 9 heteroatoms. The first kappa shape index (κ1) is 37.2. The minimum absolute atomic E-state index is 0.00426. The number of carboxylic acid groups (broad SMARTS) is 2. The van der Waals surface area contributed by atoms with Gasteiger partial charge in [-0.15, -0.1) is 0 Å². The van der Waals surface area contributed by atoms with Crippen molar-refractivity contribution in [1.29, 1.82) is 0 Å². The molecular formula is C43H64O9. The SMILES string of the molecule is CC1(C)[C@@H](O[C@@H]2O[C@H](C(=O)O)[C@@H](O)[C@H](O)[C@H]2O)CC[C@]2(C)[C@H]3CC=C4[C@@]56C=CC[C@@](C)(CC[C@]5(C(=O)O)CC[C@@]4(C4CCCCC4)[C@]3(C)CC[C@@H]12)C6. The molecule has 52 heavy (non-hydrogen) atoms. The predicted molar refractivity (Wildman–Crippen MR) is 194 cm³/mol. The lowest BCUT2D eigenvalue weighted by Crippen LogP contribution is -2.70. The smallest absolute Gasteiger partial charge is 0.335 e. The van der Waals surface area contributed by atoms with Crippen LogP contribution in [0, 0.1) is 55.7 Å². The number of carbonyl (C=O) groups is 2. The number of fused-ring (bicyclic) bond motifs is 6. The lowest BCUT2D eigenvalue weighted by atomic mass is 9.28. The third-order valence-electron chi connectivity index (χ3n) is 18.0. The van der Waals surface area contributed by atoms with Crippen molar-refractivity contribution in [3.05, 3.63) is 23.8 Å². The summed E-state index contributed by atoms with van der Waals surface area (Å²) in [4.78, 5) is 25.5. The summed E-state index contributed by atoms with van der Waals surface area (Å²) in [6.45, 7) is 12.0. The number of aliphatic carboxylic acids is 2. The first-order valence-corrected chi connectivity index (χ1v) is 20.6. The van der Waals surface area contributed by atoms with Crippen molar-refractivity contribution < 1.29 is 44.6 Å².